The third kappa shape index (κ3) is 2.94. The van der Waals surface area contributed by atoms with Gasteiger partial charge in [0.15, 0.2) is 0 Å². The molecule has 1 N–H and O–H groups in total. The Kier molecular flexibility index (Phi) is 3.62. The zero-order chi connectivity index (χ0) is 14.1. The van der Waals surface area contributed by atoms with Crippen molar-refractivity contribution in [3.8, 4) is 0 Å². The van der Waals surface area contributed by atoms with Crippen molar-refractivity contribution in [2.75, 3.05) is 26.2 Å². The van der Waals surface area contributed by atoms with Crippen LogP contribution in [0.15, 0.2) is 36.4 Å². The number of hydrogen-bond donors (Lipinski definition) is 1. The molecule has 3 heteroatoms. The normalized spacial score (nSPS) is 21.5. The SMILES string of the molecule is c1ccc2nc([C@H](CC3CC3)N3CCNCC3)ccc2c1. The van der Waals surface area contributed by atoms with Crippen LogP contribution in [-0.4, -0.2) is 36.1 Å². The van der Waals surface area contributed by atoms with E-state index < -0.39 is 0 Å². The van der Waals surface area contributed by atoms with Crippen molar-refractivity contribution in [2.24, 2.45) is 5.92 Å². The van der Waals surface area contributed by atoms with Gasteiger partial charge in [0, 0.05) is 31.6 Å². The average molecular weight is 281 g/mol. The van der Waals surface area contributed by atoms with Crippen molar-refractivity contribution in [3.05, 3.63) is 42.1 Å². The first-order valence-corrected chi connectivity index (χ1v) is 8.20. The van der Waals surface area contributed by atoms with E-state index in [9.17, 15) is 0 Å². The predicted octanol–water partition coefficient (Wildman–Crippen LogP) is 2.98. The molecule has 3 nitrogen and oxygen atoms in total. The van der Waals surface area contributed by atoms with Gasteiger partial charge in [-0.3, -0.25) is 9.88 Å². The molecule has 0 unspecified atom stereocenters. The van der Waals surface area contributed by atoms with Gasteiger partial charge >= 0.3 is 0 Å². The van der Waals surface area contributed by atoms with Crippen LogP contribution in [0.4, 0.5) is 0 Å². The molecule has 21 heavy (non-hydrogen) atoms. The van der Waals surface area contributed by atoms with E-state index in [1.807, 2.05) is 0 Å². The van der Waals surface area contributed by atoms with Crippen LogP contribution in [0.3, 0.4) is 0 Å². The number of rotatable bonds is 4. The van der Waals surface area contributed by atoms with E-state index in [0.29, 0.717) is 6.04 Å². The monoisotopic (exact) mass is 281 g/mol. The standard InChI is InChI=1S/C18H23N3/c1-2-4-16-15(3-1)7-8-17(20-16)18(13-14-5-6-14)21-11-9-19-10-12-21/h1-4,7-8,14,18-19H,5-6,9-13H2/t18-/m0/s1. The molecule has 1 aliphatic carbocycles. The predicted molar refractivity (Wildman–Crippen MR) is 86.3 cm³/mol. The second-order valence-corrected chi connectivity index (χ2v) is 6.41. The maximum Gasteiger partial charge on any atom is 0.0706 e. The molecule has 0 spiro atoms. The van der Waals surface area contributed by atoms with Crippen molar-refractivity contribution < 1.29 is 0 Å². The van der Waals surface area contributed by atoms with Crippen LogP contribution in [0.1, 0.15) is 31.0 Å². The maximum absolute atomic E-state index is 4.97. The van der Waals surface area contributed by atoms with Gasteiger partial charge < -0.3 is 5.32 Å². The highest BCUT2D eigenvalue weighted by atomic mass is 15.2. The van der Waals surface area contributed by atoms with E-state index in [1.54, 1.807) is 0 Å². The molecular formula is C18H23N3. The van der Waals surface area contributed by atoms with E-state index in [-0.39, 0.29) is 0 Å². The maximum atomic E-state index is 4.97. The Morgan fingerprint density at radius 1 is 1.10 bits per heavy atom. The van der Waals surface area contributed by atoms with Gasteiger partial charge in [-0.25, -0.2) is 0 Å². The Bertz CT molecular complexity index is 615. The van der Waals surface area contributed by atoms with Crippen LogP contribution in [0.2, 0.25) is 0 Å². The summed E-state index contributed by atoms with van der Waals surface area (Å²) in [6, 6.07) is 13.4. The van der Waals surface area contributed by atoms with Crippen molar-refractivity contribution in [2.45, 2.75) is 25.3 Å². The first-order chi connectivity index (χ1) is 10.4. The molecule has 1 saturated carbocycles. The summed E-state index contributed by atoms with van der Waals surface area (Å²) in [5.41, 5.74) is 2.40. The van der Waals surface area contributed by atoms with Crippen LogP contribution in [0.5, 0.6) is 0 Å². The lowest BCUT2D eigenvalue weighted by atomic mass is 10.0. The number of fused-ring (bicyclic) bond motifs is 1. The lowest BCUT2D eigenvalue weighted by molar-refractivity contribution is 0.157. The van der Waals surface area contributed by atoms with Crippen LogP contribution in [0, 0.1) is 5.92 Å². The van der Waals surface area contributed by atoms with Crippen molar-refractivity contribution in [1.82, 2.24) is 15.2 Å². The fraction of sp³-hybridized carbons (Fsp3) is 0.500. The average Bonchev–Trinajstić information content (AvgIpc) is 3.37. The fourth-order valence-corrected chi connectivity index (χ4v) is 3.39. The smallest absolute Gasteiger partial charge is 0.0706 e. The Morgan fingerprint density at radius 3 is 2.71 bits per heavy atom. The van der Waals surface area contributed by atoms with Crippen molar-refractivity contribution >= 4 is 10.9 Å². The molecule has 2 heterocycles. The van der Waals surface area contributed by atoms with Crippen LogP contribution in [0.25, 0.3) is 10.9 Å². The van der Waals surface area contributed by atoms with Gasteiger partial charge in [0.1, 0.15) is 0 Å². The van der Waals surface area contributed by atoms with Gasteiger partial charge in [-0.1, -0.05) is 37.1 Å². The molecule has 110 valence electrons. The molecular weight excluding hydrogens is 258 g/mol. The zero-order valence-electron chi connectivity index (χ0n) is 12.5. The second-order valence-electron chi connectivity index (χ2n) is 6.41. The largest absolute Gasteiger partial charge is 0.314 e. The topological polar surface area (TPSA) is 28.2 Å². The zero-order valence-corrected chi connectivity index (χ0v) is 12.5. The highest BCUT2D eigenvalue weighted by Crippen LogP contribution is 2.39. The summed E-state index contributed by atoms with van der Waals surface area (Å²) >= 11 is 0. The fourth-order valence-electron chi connectivity index (χ4n) is 3.39. The van der Waals surface area contributed by atoms with Crippen molar-refractivity contribution in [1.29, 1.82) is 0 Å². The van der Waals surface area contributed by atoms with Crippen LogP contribution < -0.4 is 5.32 Å². The van der Waals surface area contributed by atoms with Gasteiger partial charge in [-0.15, -0.1) is 0 Å². The van der Waals surface area contributed by atoms with Crippen molar-refractivity contribution in [3.63, 3.8) is 0 Å². The number of pyridine rings is 1. The molecule has 4 rings (SSSR count). The molecule has 1 aromatic heterocycles. The molecule has 0 amide bonds. The number of benzene rings is 1. The van der Waals surface area contributed by atoms with E-state index in [4.69, 9.17) is 4.98 Å². The number of para-hydroxylation sites is 1. The van der Waals surface area contributed by atoms with Gasteiger partial charge in [-0.2, -0.15) is 0 Å². The number of nitrogens with zero attached hydrogens (tertiary/aromatic N) is 2. The van der Waals surface area contributed by atoms with Crippen LogP contribution in [-0.2, 0) is 0 Å². The summed E-state index contributed by atoms with van der Waals surface area (Å²) in [7, 11) is 0. The highest BCUT2D eigenvalue weighted by molar-refractivity contribution is 5.78. The third-order valence-electron chi connectivity index (χ3n) is 4.81. The molecule has 1 aliphatic heterocycles. The second kappa shape index (κ2) is 5.74. The Morgan fingerprint density at radius 2 is 1.90 bits per heavy atom. The van der Waals surface area contributed by atoms with Gasteiger partial charge in [0.2, 0.25) is 0 Å². The molecule has 2 aliphatic rings. The number of piperazine rings is 1. The van der Waals surface area contributed by atoms with Crippen LogP contribution >= 0.6 is 0 Å². The molecule has 2 fully saturated rings. The highest BCUT2D eigenvalue weighted by Gasteiger charge is 2.31. The summed E-state index contributed by atoms with van der Waals surface area (Å²) in [5, 5.41) is 4.70. The van der Waals surface area contributed by atoms with E-state index >= 15 is 0 Å². The number of aromatic nitrogens is 1. The summed E-state index contributed by atoms with van der Waals surface area (Å²) < 4.78 is 0. The molecule has 2 aromatic rings. The Hall–Kier alpha value is -1.45. The Balaban J connectivity index is 1.65. The van der Waals surface area contributed by atoms with Gasteiger partial charge in [0.25, 0.3) is 0 Å². The summed E-state index contributed by atoms with van der Waals surface area (Å²) in [6.07, 6.45) is 4.11. The number of hydrogen-bond acceptors (Lipinski definition) is 3. The van der Waals surface area contributed by atoms with Gasteiger partial charge in [-0.05, 0) is 24.5 Å². The molecule has 1 atom stereocenters. The van der Waals surface area contributed by atoms with E-state index in [1.165, 1.54) is 30.3 Å². The first-order valence-electron chi connectivity index (χ1n) is 8.20. The first kappa shape index (κ1) is 13.2. The summed E-state index contributed by atoms with van der Waals surface area (Å²) in [6.45, 7) is 4.50. The minimum absolute atomic E-state index is 0.504. The molecule has 0 radical (unpaired) electrons. The quantitative estimate of drug-likeness (QED) is 0.934. The third-order valence-corrected chi connectivity index (χ3v) is 4.81. The Labute approximate surface area is 126 Å². The number of nitrogens with one attached hydrogen (secondary N) is 1. The minimum Gasteiger partial charge on any atom is -0.314 e. The van der Waals surface area contributed by atoms with Gasteiger partial charge in [0.05, 0.1) is 17.3 Å². The summed E-state index contributed by atoms with van der Waals surface area (Å²) in [4.78, 5) is 7.60. The molecule has 1 aromatic carbocycles. The molecule has 1 saturated heterocycles. The molecule has 0 bridgehead atoms. The lowest BCUT2D eigenvalue weighted by Gasteiger charge is -2.35. The summed E-state index contributed by atoms with van der Waals surface area (Å²) in [5.74, 6) is 0.929. The van der Waals surface area contributed by atoms with E-state index in [2.05, 4.69) is 46.6 Å². The van der Waals surface area contributed by atoms with E-state index in [0.717, 1.165) is 37.6 Å². The minimum atomic E-state index is 0.504. The lowest BCUT2D eigenvalue weighted by Crippen LogP contribution is -2.45.